The summed E-state index contributed by atoms with van der Waals surface area (Å²) in [5.74, 6) is -0.519. The number of halogens is 2. The zero-order valence-electron chi connectivity index (χ0n) is 11.7. The van der Waals surface area contributed by atoms with E-state index in [2.05, 4.69) is 0 Å². The van der Waals surface area contributed by atoms with Crippen LogP contribution in [-0.2, 0) is 9.59 Å². The zero-order valence-corrected chi connectivity index (χ0v) is 13.2. The van der Waals surface area contributed by atoms with Crippen LogP contribution < -0.4 is 0 Å². The number of carbonyl (C=O) groups is 2. The average molecular weight is 291 g/mol. The molecule has 0 fully saturated rings. The highest BCUT2D eigenvalue weighted by atomic mass is 35.5. The van der Waals surface area contributed by atoms with Gasteiger partial charge in [0, 0.05) is 5.57 Å². The molecule has 0 heterocycles. The molecule has 0 aromatic carbocycles. The molecular weight excluding hydrogens is 271 g/mol. The van der Waals surface area contributed by atoms with Crippen LogP contribution in [0.5, 0.6) is 0 Å². The third-order valence-corrected chi connectivity index (χ3v) is 4.99. The monoisotopic (exact) mass is 290 g/mol. The SMILES string of the molecule is CC(C)(C)C1=CC(=O)[C@](Cl)(C(C)(C)C)[C@@H](Cl)C1=O. The Labute approximate surface area is 119 Å². The van der Waals surface area contributed by atoms with Crippen LogP contribution in [0.1, 0.15) is 41.5 Å². The number of hydrogen-bond donors (Lipinski definition) is 0. The van der Waals surface area contributed by atoms with Crippen molar-refractivity contribution in [3.63, 3.8) is 0 Å². The first-order chi connectivity index (χ1) is 7.83. The molecule has 0 saturated carbocycles. The molecule has 0 bridgehead atoms. The summed E-state index contributed by atoms with van der Waals surface area (Å²) in [5, 5.41) is -1.02. The van der Waals surface area contributed by atoms with Gasteiger partial charge in [-0.15, -0.1) is 23.2 Å². The second kappa shape index (κ2) is 4.35. The standard InChI is InChI=1S/C14H20Cl2O2/c1-12(2,3)8-7-9(17)14(16,13(4,5)6)11(15)10(8)18/h7,11H,1-6H3/t11-,14+/m0/s1. The van der Waals surface area contributed by atoms with Gasteiger partial charge in [-0.2, -0.15) is 0 Å². The van der Waals surface area contributed by atoms with Gasteiger partial charge in [-0.3, -0.25) is 9.59 Å². The fourth-order valence-electron chi connectivity index (χ4n) is 2.09. The quantitative estimate of drug-likeness (QED) is 0.637. The molecule has 0 unspecified atom stereocenters. The Morgan fingerprint density at radius 1 is 1.11 bits per heavy atom. The Kier molecular flexibility index (Phi) is 3.79. The van der Waals surface area contributed by atoms with E-state index in [1.165, 1.54) is 6.08 Å². The zero-order chi connectivity index (χ0) is 14.5. The third-order valence-electron chi connectivity index (χ3n) is 3.38. The van der Waals surface area contributed by atoms with E-state index in [0.717, 1.165) is 0 Å². The van der Waals surface area contributed by atoms with Crippen LogP contribution in [0, 0.1) is 10.8 Å². The number of Topliss-reactive ketones (excluding diaryl/α,β-unsaturated/α-hetero) is 1. The molecule has 0 radical (unpaired) electrons. The summed E-state index contributed by atoms with van der Waals surface area (Å²) in [6.07, 6.45) is 1.37. The maximum atomic E-state index is 12.3. The predicted molar refractivity (Wildman–Crippen MR) is 75.2 cm³/mol. The van der Waals surface area contributed by atoms with Gasteiger partial charge in [0.05, 0.1) is 0 Å². The molecule has 102 valence electrons. The van der Waals surface area contributed by atoms with Crippen LogP contribution in [0.25, 0.3) is 0 Å². The number of rotatable bonds is 0. The van der Waals surface area contributed by atoms with Crippen LogP contribution in [0.2, 0.25) is 0 Å². The summed E-state index contributed by atoms with van der Waals surface area (Å²) >= 11 is 12.6. The van der Waals surface area contributed by atoms with Crippen molar-refractivity contribution < 1.29 is 9.59 Å². The lowest BCUT2D eigenvalue weighted by Gasteiger charge is -2.43. The Bertz CT molecular complexity index is 424. The predicted octanol–water partition coefficient (Wildman–Crippen LogP) is 3.74. The molecule has 1 aliphatic rings. The minimum absolute atomic E-state index is 0.242. The van der Waals surface area contributed by atoms with Crippen molar-refractivity contribution in [3.8, 4) is 0 Å². The van der Waals surface area contributed by atoms with Crippen molar-refractivity contribution in [1.29, 1.82) is 0 Å². The molecule has 0 aliphatic heterocycles. The van der Waals surface area contributed by atoms with Gasteiger partial charge in [0.2, 0.25) is 0 Å². The van der Waals surface area contributed by atoms with Gasteiger partial charge in [0.25, 0.3) is 0 Å². The van der Waals surface area contributed by atoms with Crippen molar-refractivity contribution >= 4 is 34.8 Å². The molecule has 0 saturated heterocycles. The number of carbonyl (C=O) groups excluding carboxylic acids is 2. The van der Waals surface area contributed by atoms with Crippen LogP contribution in [-0.4, -0.2) is 21.8 Å². The van der Waals surface area contributed by atoms with Gasteiger partial charge in [0.1, 0.15) is 10.3 Å². The first-order valence-electron chi connectivity index (χ1n) is 5.97. The molecular formula is C14H20Cl2O2. The lowest BCUT2D eigenvalue weighted by atomic mass is 9.67. The largest absolute Gasteiger partial charge is 0.293 e. The fraction of sp³-hybridized carbons (Fsp3) is 0.714. The first kappa shape index (κ1) is 15.7. The number of ketones is 2. The van der Waals surface area contributed by atoms with E-state index in [4.69, 9.17) is 23.2 Å². The molecule has 2 nitrogen and oxygen atoms in total. The summed E-state index contributed by atoms with van der Waals surface area (Å²) in [6, 6.07) is 0. The van der Waals surface area contributed by atoms with Gasteiger partial charge in [0.15, 0.2) is 11.6 Å². The van der Waals surface area contributed by atoms with Crippen molar-refractivity contribution in [3.05, 3.63) is 11.6 Å². The maximum absolute atomic E-state index is 12.3. The van der Waals surface area contributed by atoms with Gasteiger partial charge in [-0.1, -0.05) is 41.5 Å². The molecule has 4 heteroatoms. The van der Waals surface area contributed by atoms with E-state index < -0.39 is 21.1 Å². The maximum Gasteiger partial charge on any atom is 0.179 e. The minimum atomic E-state index is -1.37. The second-order valence-corrected chi connectivity index (χ2v) is 7.89. The highest BCUT2D eigenvalue weighted by Gasteiger charge is 2.57. The second-order valence-electron chi connectivity index (χ2n) is 6.86. The minimum Gasteiger partial charge on any atom is -0.293 e. The third kappa shape index (κ3) is 2.25. The fourth-order valence-corrected chi connectivity index (χ4v) is 2.79. The summed E-state index contributed by atoms with van der Waals surface area (Å²) in [5.41, 5.74) is -0.545. The normalized spacial score (nSPS) is 30.4. The summed E-state index contributed by atoms with van der Waals surface area (Å²) in [4.78, 5) is 23.3. The Morgan fingerprint density at radius 3 is 1.89 bits per heavy atom. The van der Waals surface area contributed by atoms with Crippen molar-refractivity contribution in [2.75, 3.05) is 0 Å². The van der Waals surface area contributed by atoms with Crippen molar-refractivity contribution in [1.82, 2.24) is 0 Å². The van der Waals surface area contributed by atoms with Crippen LogP contribution in [0.4, 0.5) is 0 Å². The molecule has 1 rings (SSSR count). The summed E-state index contributed by atoms with van der Waals surface area (Å²) in [6.45, 7) is 11.1. The Hall–Kier alpha value is -0.340. The van der Waals surface area contributed by atoms with Gasteiger partial charge >= 0.3 is 0 Å². The number of alkyl halides is 2. The van der Waals surface area contributed by atoms with E-state index in [1.54, 1.807) is 0 Å². The molecule has 0 amide bonds. The molecule has 0 N–H and O–H groups in total. The molecule has 18 heavy (non-hydrogen) atoms. The smallest absolute Gasteiger partial charge is 0.179 e. The molecule has 0 aromatic rings. The van der Waals surface area contributed by atoms with Crippen molar-refractivity contribution in [2.24, 2.45) is 10.8 Å². The Morgan fingerprint density at radius 2 is 1.56 bits per heavy atom. The topological polar surface area (TPSA) is 34.1 Å². The van der Waals surface area contributed by atoms with E-state index in [1.807, 2.05) is 41.5 Å². The average Bonchev–Trinajstić information content (AvgIpc) is 2.16. The molecule has 1 aliphatic carbocycles. The lowest BCUT2D eigenvalue weighted by molar-refractivity contribution is -0.127. The number of allylic oxidation sites excluding steroid dienone is 2. The van der Waals surface area contributed by atoms with Crippen LogP contribution in [0.3, 0.4) is 0 Å². The molecule has 0 aromatic heterocycles. The highest BCUT2D eigenvalue weighted by molar-refractivity contribution is 6.50. The van der Waals surface area contributed by atoms with Gasteiger partial charge < -0.3 is 0 Å². The molecule has 0 spiro atoms. The number of hydrogen-bond acceptors (Lipinski definition) is 2. The van der Waals surface area contributed by atoms with Crippen LogP contribution >= 0.6 is 23.2 Å². The molecule has 2 atom stereocenters. The lowest BCUT2D eigenvalue weighted by Crippen LogP contribution is -2.57. The van der Waals surface area contributed by atoms with Crippen molar-refractivity contribution in [2.45, 2.75) is 51.8 Å². The van der Waals surface area contributed by atoms with E-state index >= 15 is 0 Å². The van der Waals surface area contributed by atoms with Crippen LogP contribution in [0.15, 0.2) is 11.6 Å². The summed E-state index contributed by atoms with van der Waals surface area (Å²) < 4.78 is 0. The van der Waals surface area contributed by atoms with E-state index in [-0.39, 0.29) is 11.6 Å². The van der Waals surface area contributed by atoms with E-state index in [0.29, 0.717) is 5.57 Å². The van der Waals surface area contributed by atoms with Gasteiger partial charge in [-0.05, 0) is 16.9 Å². The Balaban J connectivity index is 3.42. The summed E-state index contributed by atoms with van der Waals surface area (Å²) in [7, 11) is 0. The highest BCUT2D eigenvalue weighted by Crippen LogP contribution is 2.47. The van der Waals surface area contributed by atoms with E-state index in [9.17, 15) is 9.59 Å². The van der Waals surface area contributed by atoms with Gasteiger partial charge in [-0.25, -0.2) is 0 Å². The first-order valence-corrected chi connectivity index (χ1v) is 6.78.